The Labute approximate surface area is 151 Å². The van der Waals surface area contributed by atoms with Crippen LogP contribution in [-0.2, 0) is 21.3 Å². The molecule has 9 heteroatoms. The van der Waals surface area contributed by atoms with Gasteiger partial charge in [-0.05, 0) is 30.7 Å². The number of ether oxygens (including phenoxy) is 2. The number of hydrogen-bond donors (Lipinski definition) is 0. The van der Waals surface area contributed by atoms with Gasteiger partial charge >= 0.3 is 5.97 Å². The number of esters is 1. The predicted molar refractivity (Wildman–Crippen MR) is 94.3 cm³/mol. The lowest BCUT2D eigenvalue weighted by Gasteiger charge is -2.20. The molecule has 0 radical (unpaired) electrons. The summed E-state index contributed by atoms with van der Waals surface area (Å²) in [7, 11) is -0.876. The summed E-state index contributed by atoms with van der Waals surface area (Å²) in [6, 6.07) is 6.24. The van der Waals surface area contributed by atoms with Crippen molar-refractivity contribution in [2.75, 3.05) is 20.8 Å². The summed E-state index contributed by atoms with van der Waals surface area (Å²) < 4.78 is 36.8. The number of hydrogen-bond acceptors (Lipinski definition) is 7. The number of rotatable bonds is 8. The van der Waals surface area contributed by atoms with E-state index in [0.29, 0.717) is 23.7 Å². The highest BCUT2D eigenvalue weighted by atomic mass is 32.2. The molecule has 0 atom stereocenters. The van der Waals surface area contributed by atoms with Crippen LogP contribution < -0.4 is 4.74 Å². The first-order chi connectivity index (χ1) is 11.9. The number of benzene rings is 1. The molecular weight excluding hydrogens is 364 g/mol. The highest BCUT2D eigenvalue weighted by Gasteiger charge is 2.25. The fraction of sp³-hybridized carbons (Fsp3) is 0.375. The van der Waals surface area contributed by atoms with E-state index < -0.39 is 16.0 Å². The van der Waals surface area contributed by atoms with Crippen molar-refractivity contribution in [3.63, 3.8) is 0 Å². The van der Waals surface area contributed by atoms with Gasteiger partial charge in [0.05, 0.1) is 25.7 Å². The van der Waals surface area contributed by atoms with Crippen LogP contribution in [0, 0.1) is 0 Å². The highest BCUT2D eigenvalue weighted by Crippen LogP contribution is 2.22. The summed E-state index contributed by atoms with van der Waals surface area (Å²) in [4.78, 5) is 15.8. The van der Waals surface area contributed by atoms with Gasteiger partial charge in [0.15, 0.2) is 5.69 Å². The zero-order valence-corrected chi connectivity index (χ0v) is 15.9. The second kappa shape index (κ2) is 8.41. The summed E-state index contributed by atoms with van der Waals surface area (Å²) in [6.45, 7) is 2.35. The molecule has 0 aliphatic heterocycles. The fourth-order valence-corrected chi connectivity index (χ4v) is 4.52. The molecule has 2 rings (SSSR count). The van der Waals surface area contributed by atoms with Gasteiger partial charge in [-0.15, -0.1) is 11.3 Å². The maximum Gasteiger partial charge on any atom is 0.357 e. The van der Waals surface area contributed by atoms with Gasteiger partial charge in [0.25, 0.3) is 0 Å². The Hall–Kier alpha value is -1.97. The van der Waals surface area contributed by atoms with Crippen LogP contribution >= 0.6 is 11.3 Å². The van der Waals surface area contributed by atoms with E-state index in [9.17, 15) is 13.2 Å². The lowest BCUT2D eigenvalue weighted by atomic mass is 10.3. The maximum atomic E-state index is 12.9. The van der Waals surface area contributed by atoms with Crippen LogP contribution in [0.25, 0.3) is 0 Å². The van der Waals surface area contributed by atoms with Gasteiger partial charge in [0.2, 0.25) is 10.0 Å². The summed E-state index contributed by atoms with van der Waals surface area (Å²) in [5.74, 6) is 0.0474. The summed E-state index contributed by atoms with van der Waals surface area (Å²) in [6.07, 6.45) is 0.657. The van der Waals surface area contributed by atoms with Crippen molar-refractivity contribution >= 4 is 27.3 Å². The van der Waals surface area contributed by atoms with Crippen molar-refractivity contribution in [1.82, 2.24) is 9.29 Å². The van der Waals surface area contributed by atoms with Crippen molar-refractivity contribution in [2.45, 2.75) is 24.8 Å². The van der Waals surface area contributed by atoms with E-state index in [1.807, 2.05) is 6.92 Å². The van der Waals surface area contributed by atoms with Crippen LogP contribution in [0.1, 0.15) is 28.8 Å². The van der Waals surface area contributed by atoms with Gasteiger partial charge in [-0.1, -0.05) is 6.92 Å². The molecule has 1 aromatic carbocycles. The minimum Gasteiger partial charge on any atom is -0.497 e. The molecule has 0 aliphatic rings. The molecule has 0 spiro atoms. The van der Waals surface area contributed by atoms with Gasteiger partial charge in [-0.3, -0.25) is 0 Å². The molecule has 0 aliphatic carbocycles. The average Bonchev–Trinajstić information content (AvgIpc) is 3.09. The molecular formula is C16H20N2O5S2. The van der Waals surface area contributed by atoms with Gasteiger partial charge in [0.1, 0.15) is 10.8 Å². The van der Waals surface area contributed by atoms with Crippen molar-refractivity contribution in [3.8, 4) is 5.75 Å². The maximum absolute atomic E-state index is 12.9. The molecule has 0 bridgehead atoms. The number of aromatic nitrogens is 1. The van der Waals surface area contributed by atoms with Crippen LogP contribution in [0.4, 0.5) is 0 Å². The molecule has 7 nitrogen and oxygen atoms in total. The lowest BCUT2D eigenvalue weighted by molar-refractivity contribution is 0.0594. The molecule has 0 amide bonds. The standard InChI is InChI=1S/C16H20N2O5S2/c1-4-9-18(10-15-17-14(11-24-15)16(19)23-3)25(20,21)13-7-5-12(22-2)6-8-13/h5-8,11H,4,9-10H2,1-3H3. The molecule has 0 fully saturated rings. The number of thiazole rings is 1. The van der Waals surface area contributed by atoms with E-state index in [4.69, 9.17) is 4.74 Å². The number of methoxy groups -OCH3 is 2. The van der Waals surface area contributed by atoms with E-state index in [2.05, 4.69) is 9.72 Å². The van der Waals surface area contributed by atoms with Crippen molar-refractivity contribution in [2.24, 2.45) is 0 Å². The molecule has 2 aromatic rings. The Morgan fingerprint density at radius 1 is 1.24 bits per heavy atom. The van der Waals surface area contributed by atoms with Gasteiger partial charge in [0, 0.05) is 11.9 Å². The fourth-order valence-electron chi connectivity index (χ4n) is 2.16. The van der Waals surface area contributed by atoms with Crippen molar-refractivity contribution in [1.29, 1.82) is 0 Å². The second-order valence-corrected chi connectivity index (χ2v) is 8.01. The number of nitrogens with zero attached hydrogens (tertiary/aromatic N) is 2. The lowest BCUT2D eigenvalue weighted by Crippen LogP contribution is -2.31. The predicted octanol–water partition coefficient (Wildman–Crippen LogP) is 2.54. The van der Waals surface area contributed by atoms with Crippen LogP contribution in [-0.4, -0.2) is 44.4 Å². The van der Waals surface area contributed by atoms with Crippen LogP contribution in [0.3, 0.4) is 0 Å². The smallest absolute Gasteiger partial charge is 0.357 e. The minimum atomic E-state index is -3.67. The van der Waals surface area contributed by atoms with E-state index in [-0.39, 0.29) is 17.1 Å². The molecule has 25 heavy (non-hydrogen) atoms. The Morgan fingerprint density at radius 2 is 1.92 bits per heavy atom. The normalized spacial score (nSPS) is 11.5. The topological polar surface area (TPSA) is 85.8 Å². The Balaban J connectivity index is 2.26. The summed E-state index contributed by atoms with van der Waals surface area (Å²) >= 11 is 1.23. The zero-order chi connectivity index (χ0) is 18.4. The summed E-state index contributed by atoms with van der Waals surface area (Å²) in [5.41, 5.74) is 0.181. The number of sulfonamides is 1. The third-order valence-corrected chi connectivity index (χ3v) is 6.12. The molecule has 1 aromatic heterocycles. The third kappa shape index (κ3) is 4.56. The van der Waals surface area contributed by atoms with Crippen molar-refractivity contribution in [3.05, 3.63) is 40.3 Å². The molecule has 0 N–H and O–H groups in total. The SMILES string of the molecule is CCCN(Cc1nc(C(=O)OC)cs1)S(=O)(=O)c1ccc(OC)cc1. The minimum absolute atomic E-state index is 0.101. The Bertz CT molecular complexity index is 815. The Morgan fingerprint density at radius 3 is 2.48 bits per heavy atom. The molecule has 136 valence electrons. The first-order valence-electron chi connectivity index (χ1n) is 7.59. The highest BCUT2D eigenvalue weighted by molar-refractivity contribution is 7.89. The second-order valence-electron chi connectivity index (χ2n) is 5.13. The van der Waals surface area contributed by atoms with Crippen LogP contribution in [0.2, 0.25) is 0 Å². The molecule has 0 saturated heterocycles. The molecule has 1 heterocycles. The van der Waals surface area contributed by atoms with E-state index in [0.717, 1.165) is 0 Å². The van der Waals surface area contributed by atoms with E-state index >= 15 is 0 Å². The average molecular weight is 384 g/mol. The number of carbonyl (C=O) groups excluding carboxylic acids is 1. The Kier molecular flexibility index (Phi) is 6.51. The van der Waals surface area contributed by atoms with Crippen molar-refractivity contribution < 1.29 is 22.7 Å². The van der Waals surface area contributed by atoms with Gasteiger partial charge in [-0.25, -0.2) is 18.2 Å². The zero-order valence-electron chi connectivity index (χ0n) is 14.3. The molecule has 0 saturated carbocycles. The number of carbonyl (C=O) groups is 1. The van der Waals surface area contributed by atoms with Crippen LogP contribution in [0.5, 0.6) is 5.75 Å². The largest absolute Gasteiger partial charge is 0.497 e. The third-order valence-electron chi connectivity index (χ3n) is 3.43. The molecule has 0 unspecified atom stereocenters. The first-order valence-corrected chi connectivity index (χ1v) is 9.91. The van der Waals surface area contributed by atoms with E-state index in [1.54, 1.807) is 17.5 Å². The summed E-state index contributed by atoms with van der Waals surface area (Å²) in [5, 5.41) is 2.09. The van der Waals surface area contributed by atoms with Crippen LogP contribution in [0.15, 0.2) is 34.5 Å². The van der Waals surface area contributed by atoms with Gasteiger partial charge < -0.3 is 9.47 Å². The quantitative estimate of drug-likeness (QED) is 0.650. The monoisotopic (exact) mass is 384 g/mol. The van der Waals surface area contributed by atoms with Gasteiger partial charge in [-0.2, -0.15) is 4.31 Å². The first kappa shape index (κ1) is 19.4. The van der Waals surface area contributed by atoms with E-state index in [1.165, 1.54) is 42.0 Å².